The van der Waals surface area contributed by atoms with Crippen LogP contribution in [0.5, 0.6) is 0 Å². The first kappa shape index (κ1) is 10.5. The van der Waals surface area contributed by atoms with Crippen molar-refractivity contribution in [3.8, 4) is 0 Å². The van der Waals surface area contributed by atoms with Crippen molar-refractivity contribution in [1.82, 2.24) is 5.32 Å². The monoisotopic (exact) mass is 202 g/mol. The molecule has 1 atom stereocenters. The van der Waals surface area contributed by atoms with E-state index in [0.29, 0.717) is 0 Å². The van der Waals surface area contributed by atoms with Crippen molar-refractivity contribution in [2.45, 2.75) is 37.7 Å². The fourth-order valence-corrected chi connectivity index (χ4v) is 3.39. The Labute approximate surface area is 80.4 Å². The van der Waals surface area contributed by atoms with Crippen LogP contribution in [0.25, 0.3) is 0 Å². The number of carbonyl (C=O) groups excluding carboxylic acids is 1. The Balaban J connectivity index is 2.67. The third kappa shape index (κ3) is 2.44. The number of hydrogen-bond donors (Lipinski definition) is 2. The molecule has 0 radical (unpaired) electrons. The van der Waals surface area contributed by atoms with Gasteiger partial charge in [0, 0.05) is 6.61 Å². The van der Waals surface area contributed by atoms with Gasteiger partial charge in [0.1, 0.15) is 5.35 Å². The van der Waals surface area contributed by atoms with E-state index in [9.17, 15) is 4.79 Å². The lowest BCUT2D eigenvalue weighted by Gasteiger charge is -2.40. The summed E-state index contributed by atoms with van der Waals surface area (Å²) in [4.78, 5) is 10.8. The highest BCUT2D eigenvalue weighted by molar-refractivity contribution is 6.59. The maximum atomic E-state index is 10.8. The Bertz CT molecular complexity index is 191. The third-order valence-electron chi connectivity index (χ3n) is 2.57. The van der Waals surface area contributed by atoms with Crippen molar-refractivity contribution >= 4 is 14.8 Å². The molecule has 1 aliphatic heterocycles. The number of primary amides is 1. The summed E-state index contributed by atoms with van der Waals surface area (Å²) in [5.74, 6) is 0. The van der Waals surface area contributed by atoms with E-state index in [2.05, 4.69) is 18.4 Å². The first-order valence-corrected chi connectivity index (χ1v) is 7.67. The number of rotatable bonds is 2. The lowest BCUT2D eigenvalue weighted by molar-refractivity contribution is -0.0362. The molecule has 13 heavy (non-hydrogen) atoms. The van der Waals surface area contributed by atoms with E-state index in [4.69, 9.17) is 10.5 Å². The number of carbonyl (C=O) groups is 1. The lowest BCUT2D eigenvalue weighted by atomic mass is 10.2. The van der Waals surface area contributed by atoms with Crippen LogP contribution < -0.4 is 11.1 Å². The van der Waals surface area contributed by atoms with E-state index >= 15 is 0 Å². The molecule has 0 saturated carbocycles. The van der Waals surface area contributed by atoms with E-state index in [-0.39, 0.29) is 5.35 Å². The molecule has 0 aromatic heterocycles. The SMILES string of the molecule is C[SiH](C)C1(NC(N)=O)CCCCO1. The minimum absolute atomic E-state index is 0.385. The zero-order valence-corrected chi connectivity index (χ0v) is 9.45. The number of hydrogen-bond acceptors (Lipinski definition) is 2. The van der Waals surface area contributed by atoms with Crippen molar-refractivity contribution < 1.29 is 9.53 Å². The van der Waals surface area contributed by atoms with Crippen molar-refractivity contribution in [3.05, 3.63) is 0 Å². The van der Waals surface area contributed by atoms with Crippen LogP contribution in [0, 0.1) is 0 Å². The summed E-state index contributed by atoms with van der Waals surface area (Å²) in [7, 11) is -1.08. The van der Waals surface area contributed by atoms with Gasteiger partial charge in [0.25, 0.3) is 0 Å². The predicted octanol–water partition coefficient (Wildman–Crippen LogP) is 0.577. The highest BCUT2D eigenvalue weighted by Gasteiger charge is 2.37. The van der Waals surface area contributed by atoms with Crippen LogP contribution in [-0.2, 0) is 4.74 Å². The summed E-state index contributed by atoms with van der Waals surface area (Å²) in [6.45, 7) is 5.08. The average Bonchev–Trinajstić information content (AvgIpc) is 2.04. The van der Waals surface area contributed by atoms with Gasteiger partial charge < -0.3 is 15.8 Å². The van der Waals surface area contributed by atoms with E-state index in [1.165, 1.54) is 0 Å². The Morgan fingerprint density at radius 1 is 1.54 bits per heavy atom. The van der Waals surface area contributed by atoms with Crippen molar-refractivity contribution in [3.63, 3.8) is 0 Å². The molecule has 1 saturated heterocycles. The van der Waals surface area contributed by atoms with Crippen LogP contribution >= 0.6 is 0 Å². The highest BCUT2D eigenvalue weighted by atomic mass is 28.3. The molecule has 2 amide bonds. The van der Waals surface area contributed by atoms with Gasteiger partial charge in [0.15, 0.2) is 0 Å². The second-order valence-corrected chi connectivity index (χ2v) is 7.08. The molecule has 1 aliphatic rings. The topological polar surface area (TPSA) is 64.3 Å². The van der Waals surface area contributed by atoms with Gasteiger partial charge in [-0.2, -0.15) is 0 Å². The maximum Gasteiger partial charge on any atom is 0.314 e. The standard InChI is InChI=1S/C8H18N2O2Si/c1-13(2)8(10-7(9)11)5-3-4-6-12-8/h13H,3-6H2,1-2H3,(H3,9,10,11). The van der Waals surface area contributed by atoms with Gasteiger partial charge in [-0.1, -0.05) is 13.1 Å². The Kier molecular flexibility index (Phi) is 3.32. The molecule has 0 bridgehead atoms. The van der Waals surface area contributed by atoms with Gasteiger partial charge >= 0.3 is 6.03 Å². The molecular formula is C8H18N2O2Si. The molecule has 1 heterocycles. The smallest absolute Gasteiger partial charge is 0.314 e. The van der Waals surface area contributed by atoms with Crippen LogP contribution in [0.4, 0.5) is 4.79 Å². The zero-order valence-electron chi connectivity index (χ0n) is 8.30. The van der Waals surface area contributed by atoms with E-state index in [0.717, 1.165) is 25.9 Å². The average molecular weight is 202 g/mol. The summed E-state index contributed by atoms with van der Waals surface area (Å²) in [5, 5.41) is 2.39. The predicted molar refractivity (Wildman–Crippen MR) is 54.1 cm³/mol. The fourth-order valence-electron chi connectivity index (χ4n) is 1.72. The van der Waals surface area contributed by atoms with Gasteiger partial charge in [-0.25, -0.2) is 4.79 Å². The zero-order chi connectivity index (χ0) is 9.90. The molecule has 76 valence electrons. The molecule has 0 spiro atoms. The van der Waals surface area contributed by atoms with Crippen LogP contribution in [-0.4, -0.2) is 26.8 Å². The van der Waals surface area contributed by atoms with Gasteiger partial charge in [-0.05, 0) is 19.3 Å². The number of urea groups is 1. The molecule has 0 aromatic carbocycles. The Hall–Kier alpha value is -0.553. The van der Waals surface area contributed by atoms with Crippen LogP contribution in [0.15, 0.2) is 0 Å². The number of nitrogens with one attached hydrogen (secondary N) is 1. The molecular weight excluding hydrogens is 184 g/mol. The van der Waals surface area contributed by atoms with E-state index < -0.39 is 14.8 Å². The highest BCUT2D eigenvalue weighted by Crippen LogP contribution is 2.24. The van der Waals surface area contributed by atoms with Crippen molar-refractivity contribution in [2.24, 2.45) is 5.73 Å². The van der Waals surface area contributed by atoms with E-state index in [1.807, 2.05) is 0 Å². The van der Waals surface area contributed by atoms with Gasteiger partial charge in [0.2, 0.25) is 0 Å². The number of ether oxygens (including phenoxy) is 1. The molecule has 4 nitrogen and oxygen atoms in total. The molecule has 1 rings (SSSR count). The minimum atomic E-state index is -1.08. The minimum Gasteiger partial charge on any atom is -0.360 e. The van der Waals surface area contributed by atoms with Crippen LogP contribution in [0.1, 0.15) is 19.3 Å². The molecule has 0 aliphatic carbocycles. The quantitative estimate of drug-likeness (QED) is 0.643. The first-order valence-electron chi connectivity index (χ1n) is 4.78. The van der Waals surface area contributed by atoms with Crippen molar-refractivity contribution in [2.75, 3.05) is 6.61 Å². The van der Waals surface area contributed by atoms with Gasteiger partial charge in [-0.3, -0.25) is 0 Å². The molecule has 5 heteroatoms. The molecule has 1 unspecified atom stereocenters. The fraction of sp³-hybridized carbons (Fsp3) is 0.875. The van der Waals surface area contributed by atoms with Crippen LogP contribution in [0.3, 0.4) is 0 Å². The summed E-state index contributed by atoms with van der Waals surface area (Å²) in [6, 6.07) is -0.469. The largest absolute Gasteiger partial charge is 0.360 e. The summed E-state index contributed by atoms with van der Waals surface area (Å²) < 4.78 is 5.69. The Morgan fingerprint density at radius 3 is 2.62 bits per heavy atom. The number of nitrogens with two attached hydrogens (primary N) is 1. The lowest BCUT2D eigenvalue weighted by Crippen LogP contribution is -2.61. The maximum absolute atomic E-state index is 10.8. The molecule has 0 aromatic rings. The second-order valence-electron chi connectivity index (χ2n) is 3.84. The first-order chi connectivity index (χ1) is 6.07. The third-order valence-corrected chi connectivity index (χ3v) is 5.03. The molecule has 3 N–H and O–H groups in total. The van der Waals surface area contributed by atoms with Gasteiger partial charge in [-0.15, -0.1) is 0 Å². The van der Waals surface area contributed by atoms with E-state index in [1.54, 1.807) is 0 Å². The summed E-state index contributed by atoms with van der Waals surface area (Å²) in [5.41, 5.74) is 5.14. The van der Waals surface area contributed by atoms with Gasteiger partial charge in [0.05, 0.1) is 8.80 Å². The second kappa shape index (κ2) is 4.10. The molecule has 1 fully saturated rings. The van der Waals surface area contributed by atoms with Crippen LogP contribution in [0.2, 0.25) is 13.1 Å². The Morgan fingerprint density at radius 2 is 2.23 bits per heavy atom. The van der Waals surface area contributed by atoms with Crippen molar-refractivity contribution in [1.29, 1.82) is 0 Å². The summed E-state index contributed by atoms with van der Waals surface area (Å²) in [6.07, 6.45) is 3.12. The summed E-state index contributed by atoms with van der Waals surface area (Å²) >= 11 is 0. The number of amides is 2. The normalized spacial score (nSPS) is 28.8.